The van der Waals surface area contributed by atoms with Gasteiger partial charge in [0.2, 0.25) is 6.04 Å². The zero-order chi connectivity index (χ0) is 24.9. The molecule has 9 heteroatoms. The molecule has 0 unspecified atom stereocenters. The molecule has 180 valence electrons. The van der Waals surface area contributed by atoms with E-state index in [4.69, 9.17) is 20.6 Å². The van der Waals surface area contributed by atoms with Crippen molar-refractivity contribution in [1.82, 2.24) is 14.9 Å². The number of nitrogens with zero attached hydrogens (tertiary/aromatic N) is 3. The third-order valence-corrected chi connectivity index (χ3v) is 6.75. The molecule has 0 saturated carbocycles. The van der Waals surface area contributed by atoms with Crippen LogP contribution in [0, 0.1) is 6.57 Å². The van der Waals surface area contributed by atoms with E-state index in [9.17, 15) is 4.79 Å². The maximum Gasteiger partial charge on any atom is 0.494 e. The van der Waals surface area contributed by atoms with Gasteiger partial charge in [-0.05, 0) is 59.5 Å². The fraction of sp³-hybridized carbons (Fsp3) is 0.560. The molecule has 1 N–H and O–H groups in total. The Morgan fingerprint density at radius 3 is 2.38 bits per heavy atom. The zero-order valence-electron chi connectivity index (χ0n) is 21.0. The van der Waals surface area contributed by atoms with Crippen LogP contribution in [0.2, 0.25) is 0 Å². The van der Waals surface area contributed by atoms with Gasteiger partial charge in [-0.15, -0.1) is 0 Å². The van der Waals surface area contributed by atoms with Crippen molar-refractivity contribution in [1.29, 1.82) is 0 Å². The fourth-order valence-electron chi connectivity index (χ4n) is 4.14. The number of carbonyl (C=O) groups is 1. The molecule has 2 saturated heterocycles. The largest absolute Gasteiger partial charge is 0.494 e. The first-order valence-corrected chi connectivity index (χ1v) is 11.7. The van der Waals surface area contributed by atoms with E-state index in [1.54, 1.807) is 11.1 Å². The van der Waals surface area contributed by atoms with Crippen molar-refractivity contribution in [3.05, 3.63) is 47.7 Å². The highest BCUT2D eigenvalue weighted by Gasteiger charge is 2.51. The topological polar surface area (TPSA) is 81.0 Å². The van der Waals surface area contributed by atoms with Gasteiger partial charge in [-0.3, -0.25) is 4.90 Å². The Morgan fingerprint density at radius 2 is 1.82 bits per heavy atom. The molecule has 2 aliphatic rings. The van der Waals surface area contributed by atoms with Crippen molar-refractivity contribution in [2.45, 2.75) is 83.8 Å². The normalized spacial score (nSPS) is 23.7. The van der Waals surface area contributed by atoms with Crippen LogP contribution in [-0.2, 0) is 14.0 Å². The lowest BCUT2D eigenvalue weighted by Gasteiger charge is -2.32. The maximum atomic E-state index is 12.8. The number of likely N-dealkylation sites (tertiary alicyclic amines) is 1. The zero-order valence-corrected chi connectivity index (χ0v) is 21.0. The first-order valence-electron chi connectivity index (χ1n) is 11.7. The van der Waals surface area contributed by atoms with E-state index in [0.717, 1.165) is 16.7 Å². The molecule has 0 radical (unpaired) electrons. The molecule has 3 heterocycles. The van der Waals surface area contributed by atoms with Crippen LogP contribution in [0.3, 0.4) is 0 Å². The molecule has 2 atom stereocenters. The Bertz CT molecular complexity index is 1080. The maximum absolute atomic E-state index is 12.8. The van der Waals surface area contributed by atoms with Crippen molar-refractivity contribution in [3.63, 3.8) is 0 Å². The molecule has 34 heavy (non-hydrogen) atoms. The summed E-state index contributed by atoms with van der Waals surface area (Å²) in [6, 6.07) is 7.39. The van der Waals surface area contributed by atoms with Gasteiger partial charge in [0.15, 0.2) is 0 Å². The summed E-state index contributed by atoms with van der Waals surface area (Å²) in [5.74, 6) is 0.655. The fourth-order valence-corrected chi connectivity index (χ4v) is 4.14. The van der Waals surface area contributed by atoms with Crippen molar-refractivity contribution in [3.8, 4) is 11.3 Å². The number of nitrogens with one attached hydrogen (secondary N) is 1. The summed E-state index contributed by atoms with van der Waals surface area (Å²) in [5.41, 5.74) is 1.37. The number of ether oxygens (including phenoxy) is 1. The van der Waals surface area contributed by atoms with Gasteiger partial charge in [0.05, 0.1) is 29.5 Å². The summed E-state index contributed by atoms with van der Waals surface area (Å²) in [5, 5.41) is 0. The van der Waals surface area contributed by atoms with E-state index in [0.29, 0.717) is 18.8 Å². The number of benzene rings is 1. The molecule has 1 aromatic heterocycles. The van der Waals surface area contributed by atoms with Gasteiger partial charge >= 0.3 is 13.2 Å². The van der Waals surface area contributed by atoms with E-state index in [-0.39, 0.29) is 23.3 Å². The molecule has 2 fully saturated rings. The summed E-state index contributed by atoms with van der Waals surface area (Å²) >= 11 is 0. The SMILES string of the molecule is [C-]#[N+][C@H]1C[C@@H](c2ncc(-c3ccc(B4OC(C)(C)C(C)(C)O4)cc3)[nH]2)N(C(=O)OC(C)(C)C)C1. The molecular weight excluding hydrogens is 431 g/mol. The van der Waals surface area contributed by atoms with Crippen LogP contribution in [0.1, 0.15) is 66.8 Å². The van der Waals surface area contributed by atoms with Crippen LogP contribution in [-0.4, -0.2) is 57.5 Å². The third kappa shape index (κ3) is 4.70. The molecule has 0 spiro atoms. The number of rotatable bonds is 3. The molecule has 2 aromatic rings. The Balaban J connectivity index is 1.51. The number of hydrogen-bond donors (Lipinski definition) is 1. The molecule has 0 bridgehead atoms. The molecule has 8 nitrogen and oxygen atoms in total. The quantitative estimate of drug-likeness (QED) is 0.540. The number of H-pyrrole nitrogens is 1. The summed E-state index contributed by atoms with van der Waals surface area (Å²) in [6.07, 6.45) is 1.86. The third-order valence-electron chi connectivity index (χ3n) is 6.75. The van der Waals surface area contributed by atoms with E-state index in [1.807, 2.05) is 72.7 Å². The van der Waals surface area contributed by atoms with Gasteiger partial charge in [0, 0.05) is 0 Å². The Hall–Kier alpha value is -2.83. The van der Waals surface area contributed by atoms with Gasteiger partial charge in [0.1, 0.15) is 24.0 Å². The average Bonchev–Trinajstić information content (AvgIpc) is 3.43. The first-order chi connectivity index (χ1) is 15.8. The van der Waals surface area contributed by atoms with E-state index >= 15 is 0 Å². The van der Waals surface area contributed by atoms with Gasteiger partial charge in [-0.25, -0.2) is 16.4 Å². The highest BCUT2D eigenvalue weighted by molar-refractivity contribution is 6.62. The minimum absolute atomic E-state index is 0.273. The number of imidazole rings is 1. The second-order valence-corrected chi connectivity index (χ2v) is 11.1. The molecule has 1 aromatic carbocycles. The lowest BCUT2D eigenvalue weighted by Crippen LogP contribution is -2.41. The molecule has 0 aliphatic carbocycles. The number of carbonyl (C=O) groups excluding carboxylic acids is 1. The van der Waals surface area contributed by atoms with Gasteiger partial charge < -0.3 is 23.9 Å². The molecule has 2 aliphatic heterocycles. The summed E-state index contributed by atoms with van der Waals surface area (Å²) < 4.78 is 17.8. The van der Waals surface area contributed by atoms with Gasteiger partial charge in [0.25, 0.3) is 0 Å². The van der Waals surface area contributed by atoms with E-state index in [2.05, 4.69) is 14.8 Å². The number of amides is 1. The minimum atomic E-state index is -0.606. The van der Waals surface area contributed by atoms with Crippen LogP contribution in [0.4, 0.5) is 4.79 Å². The van der Waals surface area contributed by atoms with E-state index in [1.165, 1.54) is 0 Å². The van der Waals surface area contributed by atoms with Gasteiger partial charge in [-0.2, -0.15) is 0 Å². The number of aromatic nitrogens is 2. The summed E-state index contributed by atoms with van der Waals surface area (Å²) in [6.45, 7) is 21.4. The number of hydrogen-bond acceptors (Lipinski definition) is 5. The Labute approximate surface area is 202 Å². The van der Waals surface area contributed by atoms with Crippen molar-refractivity contribution in [2.75, 3.05) is 6.54 Å². The second-order valence-electron chi connectivity index (χ2n) is 11.1. The van der Waals surface area contributed by atoms with Crippen LogP contribution in [0.15, 0.2) is 30.5 Å². The number of aromatic amines is 1. The molecular formula is C25H33BN4O4. The second kappa shape index (κ2) is 8.44. The van der Waals surface area contributed by atoms with Crippen molar-refractivity contribution in [2.24, 2.45) is 0 Å². The van der Waals surface area contributed by atoms with Gasteiger partial charge in [-0.1, -0.05) is 24.3 Å². The van der Waals surface area contributed by atoms with Crippen molar-refractivity contribution >= 4 is 18.7 Å². The Morgan fingerprint density at radius 1 is 1.21 bits per heavy atom. The highest BCUT2D eigenvalue weighted by Crippen LogP contribution is 2.37. The monoisotopic (exact) mass is 464 g/mol. The Kier molecular flexibility index (Phi) is 6.03. The van der Waals surface area contributed by atoms with Crippen LogP contribution in [0.5, 0.6) is 0 Å². The van der Waals surface area contributed by atoms with Crippen molar-refractivity contribution < 1.29 is 18.8 Å². The highest BCUT2D eigenvalue weighted by atomic mass is 16.7. The standard InChI is InChI=1S/C25H33BN4O4/c1-23(2,3)32-22(31)30-15-18(27-8)13-20(30)21-28-14-19(29-21)16-9-11-17(12-10-16)26-33-24(4,5)25(6,7)34-26/h9-12,14,18,20H,13,15H2,1-7H3,(H,28,29)/t18-,20-/m0/s1. The van der Waals surface area contributed by atoms with Crippen LogP contribution < -0.4 is 5.46 Å². The predicted molar refractivity (Wildman–Crippen MR) is 130 cm³/mol. The first kappa shape index (κ1) is 24.3. The minimum Gasteiger partial charge on any atom is -0.444 e. The smallest absolute Gasteiger partial charge is 0.444 e. The molecule has 4 rings (SSSR count). The average molecular weight is 464 g/mol. The summed E-state index contributed by atoms with van der Waals surface area (Å²) in [4.78, 5) is 25.9. The lowest BCUT2D eigenvalue weighted by atomic mass is 9.79. The van der Waals surface area contributed by atoms with E-state index < -0.39 is 18.8 Å². The molecule has 1 amide bonds. The lowest BCUT2D eigenvalue weighted by molar-refractivity contribution is 0.00578. The predicted octanol–water partition coefficient (Wildman–Crippen LogP) is 4.35. The van der Waals surface area contributed by atoms with Crippen LogP contribution in [0.25, 0.3) is 16.1 Å². The summed E-state index contributed by atoms with van der Waals surface area (Å²) in [7, 11) is -0.414. The van der Waals surface area contributed by atoms with Crippen LogP contribution >= 0.6 is 0 Å².